The largest absolute Gasteiger partial charge is 0.456 e. The van der Waals surface area contributed by atoms with Gasteiger partial charge in [-0.25, -0.2) is 9.97 Å². The van der Waals surface area contributed by atoms with Crippen molar-refractivity contribution in [1.29, 1.82) is 10.5 Å². The Morgan fingerprint density at radius 2 is 1.22 bits per heavy atom. The first-order valence-electron chi connectivity index (χ1n) is 17.9. The number of hydrogen-bond donors (Lipinski definition) is 0. The second-order valence-corrected chi connectivity index (χ2v) is 14.6. The van der Waals surface area contributed by atoms with E-state index >= 15 is 0 Å². The fraction of sp³-hybridized carbons (Fsp3) is 0. The number of thiophene rings is 1. The first-order valence-corrected chi connectivity index (χ1v) is 18.7. The lowest BCUT2D eigenvalue weighted by atomic mass is 9.98. The lowest BCUT2D eigenvalue weighted by Gasteiger charge is -2.15. The first kappa shape index (κ1) is 31.0. The molecule has 0 radical (unpaired) electrons. The Kier molecular flexibility index (Phi) is 6.75. The second kappa shape index (κ2) is 12.0. The summed E-state index contributed by atoms with van der Waals surface area (Å²) in [4.78, 5) is 10.2. The maximum atomic E-state index is 10.9. The molecule has 0 spiro atoms. The van der Waals surface area contributed by atoms with Gasteiger partial charge in [0.1, 0.15) is 28.9 Å². The van der Waals surface area contributed by atoms with Crippen molar-refractivity contribution in [2.75, 3.05) is 0 Å². The lowest BCUT2D eigenvalue weighted by Crippen LogP contribution is -2.02. The van der Waals surface area contributed by atoms with Gasteiger partial charge in [-0.1, -0.05) is 103 Å². The molecule has 0 amide bonds. The maximum absolute atomic E-state index is 10.9. The van der Waals surface area contributed by atoms with Gasteiger partial charge in [-0.2, -0.15) is 10.5 Å². The fourth-order valence-electron chi connectivity index (χ4n) is 8.06. The summed E-state index contributed by atoms with van der Waals surface area (Å²) in [5.74, 6) is 0.506. The summed E-state index contributed by atoms with van der Waals surface area (Å²) in [5.41, 5.74) is 8.37. The van der Waals surface area contributed by atoms with Gasteiger partial charge in [0, 0.05) is 53.0 Å². The zero-order valence-corrected chi connectivity index (χ0v) is 29.8. The Balaban J connectivity index is 1.16. The molecule has 4 heterocycles. The number of nitriles is 2. The summed E-state index contributed by atoms with van der Waals surface area (Å²) in [6, 6.07) is 55.6. The van der Waals surface area contributed by atoms with Gasteiger partial charge in [-0.05, 0) is 48.5 Å². The SMILES string of the molecule is N#Cc1cc(-c2nc(-c3ccc4c(c3)sc3ccccc34)nc(-c3ccccc3)c2C#N)ccc1-n1c2ccccc2c2ccc3oc4ccccc4c3c21. The molecule has 0 aliphatic carbocycles. The van der Waals surface area contributed by atoms with Crippen LogP contribution >= 0.6 is 11.3 Å². The minimum Gasteiger partial charge on any atom is -0.456 e. The number of hydrogen-bond acceptors (Lipinski definition) is 6. The minimum atomic E-state index is 0.345. The van der Waals surface area contributed by atoms with Crippen LogP contribution in [0.3, 0.4) is 0 Å². The Morgan fingerprint density at radius 1 is 0.527 bits per heavy atom. The topological polar surface area (TPSA) is 91.4 Å². The van der Waals surface area contributed by atoms with E-state index in [4.69, 9.17) is 14.4 Å². The van der Waals surface area contributed by atoms with E-state index in [1.54, 1.807) is 11.3 Å². The average molecular weight is 720 g/mol. The van der Waals surface area contributed by atoms with E-state index < -0.39 is 0 Å². The number of aromatic nitrogens is 3. The number of furan rings is 1. The van der Waals surface area contributed by atoms with Crippen molar-refractivity contribution < 1.29 is 4.42 Å². The number of rotatable bonds is 4. The van der Waals surface area contributed by atoms with Crippen molar-refractivity contribution in [1.82, 2.24) is 14.5 Å². The molecule has 0 aliphatic rings. The molecule has 0 aliphatic heterocycles. The molecule has 0 N–H and O–H groups in total. The van der Waals surface area contributed by atoms with Crippen LogP contribution in [-0.2, 0) is 0 Å². The average Bonchev–Trinajstić information content (AvgIpc) is 3.92. The number of nitrogens with zero attached hydrogens (tertiary/aromatic N) is 5. The molecule has 0 unspecified atom stereocenters. The normalized spacial score (nSPS) is 11.6. The van der Waals surface area contributed by atoms with Crippen LogP contribution in [0.15, 0.2) is 156 Å². The molecule has 0 saturated heterocycles. The number of benzene rings is 7. The van der Waals surface area contributed by atoms with Gasteiger partial charge < -0.3 is 8.98 Å². The van der Waals surface area contributed by atoms with Crippen LogP contribution in [0.25, 0.3) is 104 Å². The number of fused-ring (bicyclic) bond motifs is 10. The minimum absolute atomic E-state index is 0.345. The fourth-order valence-corrected chi connectivity index (χ4v) is 9.20. The van der Waals surface area contributed by atoms with E-state index in [9.17, 15) is 10.5 Å². The highest BCUT2D eigenvalue weighted by molar-refractivity contribution is 7.25. The van der Waals surface area contributed by atoms with Gasteiger partial charge >= 0.3 is 0 Å². The first-order chi connectivity index (χ1) is 27.2. The van der Waals surface area contributed by atoms with Crippen LogP contribution < -0.4 is 0 Å². The Bertz CT molecular complexity index is 3470. The molecule has 11 rings (SSSR count). The quantitative estimate of drug-likeness (QED) is 0.181. The van der Waals surface area contributed by atoms with E-state index in [0.29, 0.717) is 33.9 Å². The molecular formula is C48H25N5OS. The lowest BCUT2D eigenvalue weighted by molar-refractivity contribution is 0.669. The Hall–Kier alpha value is -7.58. The van der Waals surface area contributed by atoms with Crippen LogP contribution in [0.4, 0.5) is 0 Å². The van der Waals surface area contributed by atoms with E-state index in [1.165, 1.54) is 15.5 Å². The smallest absolute Gasteiger partial charge is 0.160 e. The molecular weight excluding hydrogens is 695 g/mol. The predicted molar refractivity (Wildman–Crippen MR) is 222 cm³/mol. The Labute approximate surface area is 318 Å². The van der Waals surface area contributed by atoms with Gasteiger partial charge in [0.15, 0.2) is 5.82 Å². The summed E-state index contributed by atoms with van der Waals surface area (Å²) in [7, 11) is 0. The van der Waals surface area contributed by atoms with Crippen LogP contribution in [0.5, 0.6) is 0 Å². The molecule has 7 aromatic carbocycles. The van der Waals surface area contributed by atoms with Crippen molar-refractivity contribution in [3.05, 3.63) is 163 Å². The van der Waals surface area contributed by atoms with Crippen molar-refractivity contribution in [2.45, 2.75) is 0 Å². The maximum Gasteiger partial charge on any atom is 0.160 e. The van der Waals surface area contributed by atoms with Gasteiger partial charge in [-0.3, -0.25) is 0 Å². The molecule has 0 bridgehead atoms. The summed E-state index contributed by atoms with van der Waals surface area (Å²) in [6.07, 6.45) is 0. The van der Waals surface area contributed by atoms with Crippen molar-refractivity contribution in [3.63, 3.8) is 0 Å². The molecule has 7 heteroatoms. The number of para-hydroxylation sites is 2. The summed E-state index contributed by atoms with van der Waals surface area (Å²) >= 11 is 1.74. The molecule has 4 aromatic heterocycles. The van der Waals surface area contributed by atoms with Crippen LogP contribution in [0, 0.1) is 22.7 Å². The predicted octanol–water partition coefficient (Wildman–Crippen LogP) is 12.6. The van der Waals surface area contributed by atoms with Crippen LogP contribution in [-0.4, -0.2) is 14.5 Å². The molecule has 11 aromatic rings. The van der Waals surface area contributed by atoms with E-state index in [1.807, 2.05) is 91.0 Å². The van der Waals surface area contributed by atoms with Crippen molar-refractivity contribution in [2.24, 2.45) is 0 Å². The molecule has 55 heavy (non-hydrogen) atoms. The van der Waals surface area contributed by atoms with Gasteiger partial charge in [0.05, 0.1) is 39.1 Å². The monoisotopic (exact) mass is 719 g/mol. The third kappa shape index (κ3) is 4.65. The molecule has 0 atom stereocenters. The highest BCUT2D eigenvalue weighted by Crippen LogP contribution is 2.42. The van der Waals surface area contributed by atoms with E-state index in [0.717, 1.165) is 65.3 Å². The van der Waals surface area contributed by atoms with Gasteiger partial charge in [0.2, 0.25) is 0 Å². The summed E-state index contributed by atoms with van der Waals surface area (Å²) in [5, 5.41) is 28.1. The van der Waals surface area contributed by atoms with Crippen molar-refractivity contribution >= 4 is 75.3 Å². The van der Waals surface area contributed by atoms with Gasteiger partial charge in [-0.15, -0.1) is 11.3 Å². The van der Waals surface area contributed by atoms with Crippen molar-refractivity contribution in [3.8, 4) is 51.7 Å². The summed E-state index contributed by atoms with van der Waals surface area (Å²) in [6.45, 7) is 0. The molecule has 0 fully saturated rings. The third-order valence-corrected chi connectivity index (χ3v) is 11.6. The van der Waals surface area contributed by atoms with Crippen LogP contribution in [0.1, 0.15) is 11.1 Å². The van der Waals surface area contributed by atoms with Gasteiger partial charge in [0.25, 0.3) is 0 Å². The zero-order valence-electron chi connectivity index (χ0n) is 29.0. The third-order valence-electron chi connectivity index (χ3n) is 10.5. The highest BCUT2D eigenvalue weighted by atomic mass is 32.1. The molecule has 6 nitrogen and oxygen atoms in total. The zero-order chi connectivity index (χ0) is 36.6. The van der Waals surface area contributed by atoms with E-state index in [2.05, 4.69) is 77.4 Å². The van der Waals surface area contributed by atoms with E-state index in [-0.39, 0.29) is 0 Å². The molecule has 0 saturated carbocycles. The standard InChI is InChI=1S/C48H25N5OS/c49-26-31-24-29(19-22-38(31)53-39-15-7-4-12-32(39)35-21-23-41-44(47(35)53)36-14-5-8-16-40(36)54-41)46-37(27-50)45(28-10-2-1-3-11-28)51-48(52-46)30-18-20-34-33-13-6-9-17-42(33)55-43(34)25-30/h1-25H. The Morgan fingerprint density at radius 3 is 2.05 bits per heavy atom. The van der Waals surface area contributed by atoms with Crippen LogP contribution in [0.2, 0.25) is 0 Å². The molecule has 254 valence electrons. The second-order valence-electron chi connectivity index (χ2n) is 13.5. The summed E-state index contributed by atoms with van der Waals surface area (Å²) < 4.78 is 10.8. The highest BCUT2D eigenvalue weighted by Gasteiger charge is 2.23.